The van der Waals surface area contributed by atoms with E-state index in [1.807, 2.05) is 0 Å². The van der Waals surface area contributed by atoms with Crippen LogP contribution in [0, 0.1) is 15.9 Å². The van der Waals surface area contributed by atoms with Gasteiger partial charge in [-0.15, -0.1) is 11.3 Å². The summed E-state index contributed by atoms with van der Waals surface area (Å²) in [5, 5.41) is 17.0. The molecule has 0 fully saturated rings. The number of halogens is 1. The van der Waals surface area contributed by atoms with Crippen LogP contribution in [-0.4, -0.2) is 34.5 Å². The topological polar surface area (TPSA) is 119 Å². The molecule has 4 rings (SSSR count). The normalized spacial score (nSPS) is 10.8. The third kappa shape index (κ3) is 4.93. The largest absolute Gasteiger partial charge is 0.493 e. The Morgan fingerprint density at radius 1 is 1.30 bits per heavy atom. The summed E-state index contributed by atoms with van der Waals surface area (Å²) in [6.45, 7) is 0.335. The van der Waals surface area contributed by atoms with E-state index in [2.05, 4.69) is 15.3 Å². The maximum absolute atomic E-state index is 13.4. The Kier molecular flexibility index (Phi) is 6.50. The maximum atomic E-state index is 13.4. The number of nitrogens with one attached hydrogen (secondary N) is 2. The Morgan fingerprint density at radius 3 is 2.88 bits per heavy atom. The molecule has 0 aliphatic carbocycles. The summed E-state index contributed by atoms with van der Waals surface area (Å²) >= 11 is 1.40. The van der Waals surface area contributed by atoms with E-state index in [9.17, 15) is 19.3 Å². The number of methoxy groups -OCH3 is 1. The Bertz CT molecular complexity index is 1310. The molecular weight excluding hydrogens is 451 g/mol. The molecule has 2 N–H and O–H groups in total. The van der Waals surface area contributed by atoms with Crippen molar-refractivity contribution in [1.82, 2.24) is 15.3 Å². The van der Waals surface area contributed by atoms with E-state index < -0.39 is 16.5 Å². The van der Waals surface area contributed by atoms with Crippen LogP contribution in [0.2, 0.25) is 0 Å². The first-order chi connectivity index (χ1) is 16.0. The summed E-state index contributed by atoms with van der Waals surface area (Å²) in [5.41, 5.74) is 3.34. The average molecular weight is 470 g/mol. The van der Waals surface area contributed by atoms with Gasteiger partial charge in [-0.25, -0.2) is 9.37 Å². The highest BCUT2D eigenvalue weighted by molar-refractivity contribution is 7.07. The first kappa shape index (κ1) is 22.2. The molecule has 4 aromatic rings. The number of aromatic amines is 1. The molecule has 9 nitrogen and oxygen atoms in total. The van der Waals surface area contributed by atoms with Gasteiger partial charge < -0.3 is 19.8 Å². The summed E-state index contributed by atoms with van der Waals surface area (Å²) in [5.74, 6) is -0.624. The minimum absolute atomic E-state index is 0.108. The summed E-state index contributed by atoms with van der Waals surface area (Å²) in [7, 11) is 1.39. The van der Waals surface area contributed by atoms with E-state index in [4.69, 9.17) is 9.47 Å². The van der Waals surface area contributed by atoms with Crippen LogP contribution in [0.25, 0.3) is 10.9 Å². The van der Waals surface area contributed by atoms with Gasteiger partial charge in [-0.05, 0) is 30.2 Å². The van der Waals surface area contributed by atoms with E-state index >= 15 is 0 Å². The van der Waals surface area contributed by atoms with Crippen molar-refractivity contribution in [3.63, 3.8) is 0 Å². The van der Waals surface area contributed by atoms with Crippen molar-refractivity contribution in [1.29, 1.82) is 0 Å². The molecule has 0 unspecified atom stereocenters. The molecule has 170 valence electrons. The summed E-state index contributed by atoms with van der Waals surface area (Å²) in [6, 6.07) is 6.89. The van der Waals surface area contributed by atoms with Gasteiger partial charge in [0.2, 0.25) is 0 Å². The van der Waals surface area contributed by atoms with Crippen LogP contribution in [0.5, 0.6) is 11.5 Å². The van der Waals surface area contributed by atoms with Crippen LogP contribution in [-0.2, 0) is 13.0 Å². The molecule has 0 aliphatic heterocycles. The highest BCUT2D eigenvalue weighted by Gasteiger charge is 2.25. The fraction of sp³-hybridized carbons (Fsp3) is 0.182. The van der Waals surface area contributed by atoms with Gasteiger partial charge in [0, 0.05) is 35.1 Å². The quantitative estimate of drug-likeness (QED) is 0.279. The Hall–Kier alpha value is -3.99. The van der Waals surface area contributed by atoms with Crippen molar-refractivity contribution in [2.45, 2.75) is 13.0 Å². The van der Waals surface area contributed by atoms with Crippen LogP contribution in [0.4, 0.5) is 10.1 Å². The SMILES string of the molecule is COc1cc(C(=O)NCCc2c[nH]c3cc(F)ccc23)c([N+](=O)[O-])cc1OCc1cscn1. The number of fused-ring (bicyclic) bond motifs is 1. The third-order valence-corrected chi connectivity index (χ3v) is 5.63. The van der Waals surface area contributed by atoms with Gasteiger partial charge in [-0.3, -0.25) is 14.9 Å². The van der Waals surface area contributed by atoms with Gasteiger partial charge in [0.25, 0.3) is 11.6 Å². The lowest BCUT2D eigenvalue weighted by Crippen LogP contribution is -2.26. The smallest absolute Gasteiger partial charge is 0.286 e. The maximum Gasteiger partial charge on any atom is 0.286 e. The second-order valence-electron chi connectivity index (χ2n) is 7.06. The lowest BCUT2D eigenvalue weighted by atomic mass is 10.1. The predicted molar refractivity (Wildman–Crippen MR) is 120 cm³/mol. The number of H-pyrrole nitrogens is 1. The van der Waals surface area contributed by atoms with E-state index in [0.29, 0.717) is 17.6 Å². The van der Waals surface area contributed by atoms with Crippen molar-refractivity contribution in [2.24, 2.45) is 0 Å². The highest BCUT2D eigenvalue weighted by atomic mass is 32.1. The Balaban J connectivity index is 1.48. The van der Waals surface area contributed by atoms with Crippen molar-refractivity contribution in [3.8, 4) is 11.5 Å². The van der Waals surface area contributed by atoms with Crippen molar-refractivity contribution < 1.29 is 23.6 Å². The van der Waals surface area contributed by atoms with Crippen molar-refractivity contribution in [2.75, 3.05) is 13.7 Å². The molecule has 0 saturated heterocycles. The second-order valence-corrected chi connectivity index (χ2v) is 7.77. The number of carbonyl (C=O) groups is 1. The predicted octanol–water partition coefficient (Wildman–Crippen LogP) is 4.23. The summed E-state index contributed by atoms with van der Waals surface area (Å²) in [4.78, 5) is 30.8. The van der Waals surface area contributed by atoms with Gasteiger partial charge in [-0.1, -0.05) is 0 Å². The number of nitrogens with zero attached hydrogens (tertiary/aromatic N) is 2. The van der Waals surface area contributed by atoms with Crippen molar-refractivity contribution >= 4 is 33.8 Å². The van der Waals surface area contributed by atoms with Crippen LogP contribution in [0.15, 0.2) is 47.4 Å². The molecule has 0 aliphatic rings. The average Bonchev–Trinajstić information content (AvgIpc) is 3.46. The number of ether oxygens (including phenoxy) is 2. The number of aromatic nitrogens is 2. The lowest BCUT2D eigenvalue weighted by Gasteiger charge is -2.12. The number of carbonyl (C=O) groups excluding carboxylic acids is 1. The van der Waals surface area contributed by atoms with Crippen LogP contribution in [0.3, 0.4) is 0 Å². The number of rotatable bonds is 9. The molecule has 2 aromatic heterocycles. The molecule has 2 heterocycles. The van der Waals surface area contributed by atoms with Gasteiger partial charge in [0.05, 0.1) is 29.3 Å². The first-order valence-electron chi connectivity index (χ1n) is 9.86. The lowest BCUT2D eigenvalue weighted by molar-refractivity contribution is -0.385. The zero-order valence-electron chi connectivity index (χ0n) is 17.5. The Morgan fingerprint density at radius 2 is 2.15 bits per heavy atom. The van der Waals surface area contributed by atoms with Crippen LogP contribution in [0.1, 0.15) is 21.6 Å². The van der Waals surface area contributed by atoms with Crippen molar-refractivity contribution in [3.05, 3.63) is 80.2 Å². The Labute approximate surface area is 191 Å². The summed E-state index contributed by atoms with van der Waals surface area (Å²) in [6.07, 6.45) is 2.20. The van der Waals surface area contributed by atoms with E-state index in [1.54, 1.807) is 23.2 Å². The highest BCUT2D eigenvalue weighted by Crippen LogP contribution is 2.35. The standard InChI is InChI=1S/C22H19FN4O5S/c1-31-20-7-17(19(27(29)30)8-21(20)32-10-15-11-33-12-26-15)22(28)24-5-4-13-9-25-18-6-14(23)2-3-16(13)18/h2-3,6-9,11-12,25H,4-5,10H2,1H3,(H,24,28). The zero-order chi connectivity index (χ0) is 23.4. The molecular formula is C22H19FN4O5S. The number of thiazole rings is 1. The van der Waals surface area contributed by atoms with Crippen LogP contribution < -0.4 is 14.8 Å². The molecule has 0 atom stereocenters. The van der Waals surface area contributed by atoms with Gasteiger partial charge >= 0.3 is 0 Å². The number of nitro groups is 1. The minimum Gasteiger partial charge on any atom is -0.493 e. The van der Waals surface area contributed by atoms with Gasteiger partial charge in [-0.2, -0.15) is 0 Å². The van der Waals surface area contributed by atoms with E-state index in [1.165, 1.54) is 42.7 Å². The fourth-order valence-corrected chi connectivity index (χ4v) is 3.93. The molecule has 1 amide bonds. The monoisotopic (exact) mass is 470 g/mol. The van der Waals surface area contributed by atoms with Gasteiger partial charge in [0.1, 0.15) is 18.0 Å². The number of nitro benzene ring substituents is 1. The molecule has 11 heteroatoms. The number of hydrogen-bond donors (Lipinski definition) is 2. The van der Waals surface area contributed by atoms with Crippen LogP contribution >= 0.6 is 11.3 Å². The number of benzene rings is 2. The number of hydrogen-bond acceptors (Lipinski definition) is 7. The minimum atomic E-state index is -0.641. The molecule has 0 spiro atoms. The third-order valence-electron chi connectivity index (χ3n) is 4.99. The van der Waals surface area contributed by atoms with E-state index in [0.717, 1.165) is 10.9 Å². The van der Waals surface area contributed by atoms with Gasteiger partial charge in [0.15, 0.2) is 11.5 Å². The molecule has 0 saturated carbocycles. The number of amides is 1. The molecule has 0 radical (unpaired) electrons. The van der Waals surface area contributed by atoms with E-state index in [-0.39, 0.29) is 36.0 Å². The zero-order valence-corrected chi connectivity index (χ0v) is 18.3. The second kappa shape index (κ2) is 9.65. The summed E-state index contributed by atoms with van der Waals surface area (Å²) < 4.78 is 24.3. The molecule has 33 heavy (non-hydrogen) atoms. The first-order valence-corrected chi connectivity index (χ1v) is 10.8. The molecule has 2 aromatic carbocycles. The fourth-order valence-electron chi connectivity index (χ4n) is 3.39. The molecule has 0 bridgehead atoms.